The molecule has 1 heterocycles. The highest BCUT2D eigenvalue weighted by Crippen LogP contribution is 2.07. The van der Waals surface area contributed by atoms with Crippen molar-refractivity contribution in [1.29, 1.82) is 0 Å². The van der Waals surface area contributed by atoms with Crippen LogP contribution in [0, 0.1) is 12.7 Å². The molecule has 90 valence electrons. The summed E-state index contributed by atoms with van der Waals surface area (Å²) in [6, 6.07) is 6.73. The van der Waals surface area contributed by atoms with Crippen LogP contribution in [0.15, 0.2) is 29.6 Å². The first-order valence-electron chi connectivity index (χ1n) is 5.60. The lowest BCUT2D eigenvalue weighted by Crippen LogP contribution is -2.16. The summed E-state index contributed by atoms with van der Waals surface area (Å²) in [5.74, 6) is -0.169. The number of hydrogen-bond donors (Lipinski definition) is 1. The van der Waals surface area contributed by atoms with E-state index in [9.17, 15) is 4.39 Å². The molecule has 1 aromatic heterocycles. The van der Waals surface area contributed by atoms with Crippen molar-refractivity contribution in [3.8, 4) is 0 Å². The quantitative estimate of drug-likeness (QED) is 0.825. The maximum Gasteiger partial charge on any atom is 0.123 e. The summed E-state index contributed by atoms with van der Waals surface area (Å²) in [6.07, 6.45) is 0.834. The van der Waals surface area contributed by atoms with E-state index in [1.807, 2.05) is 13.0 Å². The van der Waals surface area contributed by atoms with Gasteiger partial charge in [-0.3, -0.25) is 0 Å². The van der Waals surface area contributed by atoms with Gasteiger partial charge in [-0.15, -0.1) is 11.3 Å². The molecule has 0 unspecified atom stereocenters. The molecule has 4 heteroatoms. The second-order valence-electron chi connectivity index (χ2n) is 3.91. The van der Waals surface area contributed by atoms with E-state index in [-0.39, 0.29) is 5.82 Å². The van der Waals surface area contributed by atoms with Crippen LogP contribution in [0.3, 0.4) is 0 Å². The molecule has 0 spiro atoms. The van der Waals surface area contributed by atoms with Crippen molar-refractivity contribution in [1.82, 2.24) is 10.3 Å². The molecule has 0 aliphatic carbocycles. The molecule has 0 fully saturated rings. The van der Waals surface area contributed by atoms with Crippen LogP contribution in [0.5, 0.6) is 0 Å². The van der Waals surface area contributed by atoms with E-state index in [0.717, 1.165) is 35.8 Å². The Balaban J connectivity index is 1.73. The number of benzene rings is 1. The Morgan fingerprint density at radius 1 is 1.41 bits per heavy atom. The first-order valence-corrected chi connectivity index (χ1v) is 6.48. The number of nitrogens with zero attached hydrogens (tertiary/aromatic N) is 1. The molecular weight excluding hydrogens is 235 g/mol. The Hall–Kier alpha value is -1.26. The molecule has 0 saturated carbocycles. The minimum absolute atomic E-state index is 0.169. The van der Waals surface area contributed by atoms with Gasteiger partial charge in [0.05, 0.1) is 10.7 Å². The van der Waals surface area contributed by atoms with E-state index in [1.165, 1.54) is 6.07 Å². The SMILES string of the molecule is Cc1nc(CNCCc2cccc(F)c2)cs1. The van der Waals surface area contributed by atoms with Crippen LogP contribution in [0.4, 0.5) is 4.39 Å². The van der Waals surface area contributed by atoms with Crippen LogP contribution < -0.4 is 5.32 Å². The van der Waals surface area contributed by atoms with E-state index in [2.05, 4.69) is 15.7 Å². The molecule has 17 heavy (non-hydrogen) atoms. The second kappa shape index (κ2) is 5.89. The van der Waals surface area contributed by atoms with E-state index in [1.54, 1.807) is 23.5 Å². The van der Waals surface area contributed by atoms with Gasteiger partial charge in [-0.1, -0.05) is 12.1 Å². The van der Waals surface area contributed by atoms with Gasteiger partial charge in [-0.25, -0.2) is 9.37 Å². The molecule has 0 bridgehead atoms. The Labute approximate surface area is 105 Å². The van der Waals surface area contributed by atoms with Gasteiger partial charge >= 0.3 is 0 Å². The summed E-state index contributed by atoms with van der Waals surface area (Å²) in [6.45, 7) is 3.61. The predicted octanol–water partition coefficient (Wildman–Crippen LogP) is 2.92. The molecule has 0 aliphatic rings. The minimum Gasteiger partial charge on any atom is -0.311 e. The van der Waals surface area contributed by atoms with Gasteiger partial charge in [0.15, 0.2) is 0 Å². The summed E-state index contributed by atoms with van der Waals surface area (Å²) < 4.78 is 12.9. The van der Waals surface area contributed by atoms with Crippen LogP contribution in [0.1, 0.15) is 16.3 Å². The molecule has 0 saturated heterocycles. The third-order valence-corrected chi connectivity index (χ3v) is 3.27. The van der Waals surface area contributed by atoms with Gasteiger partial charge in [0, 0.05) is 11.9 Å². The number of nitrogens with one attached hydrogen (secondary N) is 1. The molecule has 2 nitrogen and oxygen atoms in total. The number of hydrogen-bond acceptors (Lipinski definition) is 3. The van der Waals surface area contributed by atoms with Gasteiger partial charge in [-0.2, -0.15) is 0 Å². The Kier molecular flexibility index (Phi) is 4.23. The lowest BCUT2D eigenvalue weighted by Gasteiger charge is -2.03. The lowest BCUT2D eigenvalue weighted by molar-refractivity contribution is 0.622. The van der Waals surface area contributed by atoms with E-state index >= 15 is 0 Å². The largest absolute Gasteiger partial charge is 0.311 e. The summed E-state index contributed by atoms with van der Waals surface area (Å²) in [5.41, 5.74) is 2.10. The molecule has 0 atom stereocenters. The number of aryl methyl sites for hydroxylation is 1. The fourth-order valence-electron chi connectivity index (χ4n) is 1.63. The van der Waals surface area contributed by atoms with E-state index in [0.29, 0.717) is 0 Å². The van der Waals surface area contributed by atoms with Gasteiger partial charge in [0.2, 0.25) is 0 Å². The van der Waals surface area contributed by atoms with Crippen LogP contribution in [0.2, 0.25) is 0 Å². The van der Waals surface area contributed by atoms with Gasteiger partial charge in [0.25, 0.3) is 0 Å². The molecule has 0 radical (unpaired) electrons. The number of rotatable bonds is 5. The topological polar surface area (TPSA) is 24.9 Å². The van der Waals surface area contributed by atoms with Crippen molar-refractivity contribution in [2.45, 2.75) is 19.9 Å². The van der Waals surface area contributed by atoms with Crippen molar-refractivity contribution in [3.05, 3.63) is 51.7 Å². The minimum atomic E-state index is -0.169. The smallest absolute Gasteiger partial charge is 0.123 e. The average Bonchev–Trinajstić information content (AvgIpc) is 2.71. The summed E-state index contributed by atoms with van der Waals surface area (Å²) >= 11 is 1.66. The van der Waals surface area contributed by atoms with Crippen LogP contribution in [0.25, 0.3) is 0 Å². The Bertz CT molecular complexity index is 482. The second-order valence-corrected chi connectivity index (χ2v) is 4.98. The van der Waals surface area contributed by atoms with Gasteiger partial charge < -0.3 is 5.32 Å². The summed E-state index contributed by atoms with van der Waals surface area (Å²) in [5, 5.41) is 6.45. The van der Waals surface area contributed by atoms with Crippen LogP contribution in [-0.2, 0) is 13.0 Å². The van der Waals surface area contributed by atoms with Crippen LogP contribution >= 0.6 is 11.3 Å². The lowest BCUT2D eigenvalue weighted by atomic mass is 10.1. The molecule has 2 rings (SSSR count). The first-order chi connectivity index (χ1) is 8.24. The molecule has 0 aliphatic heterocycles. The third-order valence-electron chi connectivity index (χ3n) is 2.45. The van der Waals surface area contributed by atoms with Crippen molar-refractivity contribution in [2.24, 2.45) is 0 Å². The fraction of sp³-hybridized carbons (Fsp3) is 0.308. The average molecular weight is 250 g/mol. The fourth-order valence-corrected chi connectivity index (χ4v) is 2.24. The van der Waals surface area contributed by atoms with Gasteiger partial charge in [0.1, 0.15) is 5.82 Å². The van der Waals surface area contributed by atoms with Crippen molar-refractivity contribution in [3.63, 3.8) is 0 Å². The number of aromatic nitrogens is 1. The highest BCUT2D eigenvalue weighted by Gasteiger charge is 1.98. The molecular formula is C13H15FN2S. The van der Waals surface area contributed by atoms with E-state index < -0.39 is 0 Å². The number of halogens is 1. The molecule has 1 N–H and O–H groups in total. The van der Waals surface area contributed by atoms with Crippen molar-refractivity contribution < 1.29 is 4.39 Å². The Morgan fingerprint density at radius 3 is 3.00 bits per heavy atom. The third kappa shape index (κ3) is 3.91. The van der Waals surface area contributed by atoms with Crippen molar-refractivity contribution >= 4 is 11.3 Å². The highest BCUT2D eigenvalue weighted by molar-refractivity contribution is 7.09. The standard InChI is InChI=1S/C13H15FN2S/c1-10-16-13(9-17-10)8-15-6-5-11-3-2-4-12(14)7-11/h2-4,7,9,15H,5-6,8H2,1H3. The number of thiazole rings is 1. The molecule has 2 aromatic rings. The predicted molar refractivity (Wildman–Crippen MR) is 68.7 cm³/mol. The molecule has 0 amide bonds. The zero-order valence-corrected chi connectivity index (χ0v) is 10.6. The Morgan fingerprint density at radius 2 is 2.29 bits per heavy atom. The normalized spacial score (nSPS) is 10.7. The maximum atomic E-state index is 12.9. The van der Waals surface area contributed by atoms with Crippen molar-refractivity contribution in [2.75, 3.05) is 6.54 Å². The first kappa shape index (κ1) is 12.2. The highest BCUT2D eigenvalue weighted by atomic mass is 32.1. The zero-order valence-electron chi connectivity index (χ0n) is 9.74. The summed E-state index contributed by atoms with van der Waals surface area (Å²) in [7, 11) is 0. The van der Waals surface area contributed by atoms with Gasteiger partial charge in [-0.05, 0) is 37.6 Å². The van der Waals surface area contributed by atoms with E-state index in [4.69, 9.17) is 0 Å². The monoisotopic (exact) mass is 250 g/mol. The summed E-state index contributed by atoms with van der Waals surface area (Å²) in [4.78, 5) is 4.37. The van der Waals surface area contributed by atoms with Crippen LogP contribution in [-0.4, -0.2) is 11.5 Å². The molecule has 1 aromatic carbocycles. The zero-order chi connectivity index (χ0) is 12.1. The maximum absolute atomic E-state index is 12.9.